The summed E-state index contributed by atoms with van der Waals surface area (Å²) in [5.74, 6) is 0.764. The molecule has 0 aliphatic heterocycles. The highest BCUT2D eigenvalue weighted by molar-refractivity contribution is 5.34. The molecule has 0 amide bonds. The number of aryl methyl sites for hydroxylation is 1. The molecule has 2 heterocycles. The van der Waals surface area contributed by atoms with E-state index >= 15 is 0 Å². The second-order valence-corrected chi connectivity index (χ2v) is 4.28. The Kier molecular flexibility index (Phi) is 4.46. The van der Waals surface area contributed by atoms with E-state index in [1.165, 1.54) is 6.33 Å². The maximum Gasteiger partial charge on any atom is 0.161 e. The molecule has 0 fully saturated rings. The largest absolute Gasteiger partial charge is 0.493 e. The van der Waals surface area contributed by atoms with Gasteiger partial charge in [0.05, 0.1) is 19.3 Å². The van der Waals surface area contributed by atoms with E-state index in [9.17, 15) is 0 Å². The molecule has 1 N–H and O–H groups in total. The zero-order valence-corrected chi connectivity index (χ0v) is 11.5. The summed E-state index contributed by atoms with van der Waals surface area (Å²) >= 11 is 0. The lowest BCUT2D eigenvalue weighted by atomic mass is 10.1. The molecule has 6 heteroatoms. The van der Waals surface area contributed by atoms with Gasteiger partial charge in [-0.3, -0.25) is 4.68 Å². The van der Waals surface area contributed by atoms with Crippen LogP contribution in [0, 0.1) is 0 Å². The maximum atomic E-state index is 5.38. The first-order chi connectivity index (χ1) is 9.27. The lowest BCUT2D eigenvalue weighted by Gasteiger charge is -2.19. The molecule has 1 atom stereocenters. The monoisotopic (exact) mass is 261 g/mol. The number of ether oxygens (including phenoxy) is 1. The summed E-state index contributed by atoms with van der Waals surface area (Å²) in [6.07, 6.45) is 7.92. The minimum absolute atomic E-state index is 0.0244. The summed E-state index contributed by atoms with van der Waals surface area (Å²) in [4.78, 5) is 8.17. The maximum absolute atomic E-state index is 5.38. The number of nitrogens with one attached hydrogen (secondary N) is 1. The van der Waals surface area contributed by atoms with Crippen molar-refractivity contribution in [3.63, 3.8) is 0 Å². The average molecular weight is 261 g/mol. The van der Waals surface area contributed by atoms with Crippen LogP contribution in [-0.2, 0) is 7.05 Å². The minimum atomic E-state index is -0.0244. The molecule has 0 radical (unpaired) electrons. The highest BCUT2D eigenvalue weighted by atomic mass is 16.5. The van der Waals surface area contributed by atoms with Crippen molar-refractivity contribution in [1.29, 1.82) is 0 Å². The zero-order valence-electron chi connectivity index (χ0n) is 11.5. The Bertz CT molecular complexity index is 511. The number of rotatable bonds is 6. The van der Waals surface area contributed by atoms with Crippen LogP contribution in [0.4, 0.5) is 0 Å². The fourth-order valence-corrected chi connectivity index (χ4v) is 2.03. The highest BCUT2D eigenvalue weighted by Gasteiger charge is 2.22. The predicted molar refractivity (Wildman–Crippen MR) is 71.9 cm³/mol. The van der Waals surface area contributed by atoms with Gasteiger partial charge in [-0.05, 0) is 13.0 Å². The zero-order chi connectivity index (χ0) is 13.7. The molecular formula is C13H19N5O. The Morgan fingerprint density at radius 2 is 2.05 bits per heavy atom. The van der Waals surface area contributed by atoms with Crippen LogP contribution >= 0.6 is 0 Å². The minimum Gasteiger partial charge on any atom is -0.493 e. The van der Waals surface area contributed by atoms with Crippen molar-refractivity contribution < 1.29 is 4.74 Å². The van der Waals surface area contributed by atoms with Crippen LogP contribution in [0.25, 0.3) is 0 Å². The Morgan fingerprint density at radius 1 is 1.32 bits per heavy atom. The molecule has 0 aromatic carbocycles. The van der Waals surface area contributed by atoms with E-state index in [0.717, 1.165) is 30.0 Å². The standard InChI is InChI=1S/C13H19N5O/c1-4-5-16-12(10-6-14-9-15-7-10)13-11(19-3)8-17-18(13)2/h6-9,12,16H,4-5H2,1-3H3. The molecule has 0 saturated heterocycles. The van der Waals surface area contributed by atoms with Crippen LogP contribution in [0.1, 0.15) is 30.6 Å². The van der Waals surface area contributed by atoms with Crippen molar-refractivity contribution in [2.45, 2.75) is 19.4 Å². The predicted octanol–water partition coefficient (Wildman–Crippen LogP) is 1.31. The molecule has 2 aromatic rings. The Labute approximate surface area is 112 Å². The summed E-state index contributed by atoms with van der Waals surface area (Å²) in [6.45, 7) is 3.03. The molecule has 0 bridgehead atoms. The summed E-state index contributed by atoms with van der Waals surface area (Å²) in [5, 5.41) is 7.74. The highest BCUT2D eigenvalue weighted by Crippen LogP contribution is 2.28. The van der Waals surface area contributed by atoms with Crippen LogP contribution in [0.15, 0.2) is 24.9 Å². The molecule has 6 nitrogen and oxygen atoms in total. The van der Waals surface area contributed by atoms with E-state index in [1.54, 1.807) is 13.3 Å². The van der Waals surface area contributed by atoms with Crippen LogP contribution in [0.3, 0.4) is 0 Å². The van der Waals surface area contributed by atoms with Crippen molar-refractivity contribution >= 4 is 0 Å². The third-order valence-corrected chi connectivity index (χ3v) is 2.95. The second-order valence-electron chi connectivity index (χ2n) is 4.28. The topological polar surface area (TPSA) is 64.9 Å². The first-order valence-electron chi connectivity index (χ1n) is 6.32. The van der Waals surface area contributed by atoms with Crippen LogP contribution in [0.2, 0.25) is 0 Å². The van der Waals surface area contributed by atoms with Crippen molar-refractivity contribution in [2.24, 2.45) is 7.05 Å². The van der Waals surface area contributed by atoms with Gasteiger partial charge in [0.1, 0.15) is 12.0 Å². The van der Waals surface area contributed by atoms with Crippen LogP contribution < -0.4 is 10.1 Å². The summed E-state index contributed by atoms with van der Waals surface area (Å²) in [6, 6.07) is -0.0244. The molecule has 0 aliphatic carbocycles. The first-order valence-corrected chi connectivity index (χ1v) is 6.32. The van der Waals surface area contributed by atoms with E-state index < -0.39 is 0 Å². The number of methoxy groups -OCH3 is 1. The molecular weight excluding hydrogens is 242 g/mol. The Hall–Kier alpha value is -1.95. The molecule has 2 rings (SSSR count). The third kappa shape index (κ3) is 2.90. The quantitative estimate of drug-likeness (QED) is 0.849. The van der Waals surface area contributed by atoms with E-state index in [-0.39, 0.29) is 6.04 Å². The molecule has 1 unspecified atom stereocenters. The first kappa shape index (κ1) is 13.5. The lowest BCUT2D eigenvalue weighted by Crippen LogP contribution is -2.26. The lowest BCUT2D eigenvalue weighted by molar-refractivity contribution is 0.400. The molecule has 0 saturated carbocycles. The number of hydrogen-bond acceptors (Lipinski definition) is 5. The van der Waals surface area contributed by atoms with Gasteiger partial charge in [-0.2, -0.15) is 5.10 Å². The summed E-state index contributed by atoms with van der Waals surface area (Å²) in [7, 11) is 3.56. The van der Waals surface area contributed by atoms with Gasteiger partial charge in [0.15, 0.2) is 5.75 Å². The SMILES string of the molecule is CCCNC(c1cncnc1)c1c(OC)cnn1C. The molecule has 0 aliphatic rings. The Balaban J connectivity index is 2.40. The normalized spacial score (nSPS) is 12.4. The number of nitrogens with zero attached hydrogens (tertiary/aromatic N) is 4. The van der Waals surface area contributed by atoms with E-state index in [1.807, 2.05) is 24.1 Å². The van der Waals surface area contributed by atoms with Gasteiger partial charge < -0.3 is 10.1 Å². The van der Waals surface area contributed by atoms with Gasteiger partial charge in [-0.15, -0.1) is 0 Å². The van der Waals surface area contributed by atoms with Crippen molar-refractivity contribution in [3.05, 3.63) is 36.2 Å². The molecule has 19 heavy (non-hydrogen) atoms. The fraction of sp³-hybridized carbons (Fsp3) is 0.462. The van der Waals surface area contributed by atoms with Crippen molar-refractivity contribution in [1.82, 2.24) is 25.1 Å². The summed E-state index contributed by atoms with van der Waals surface area (Å²) in [5.41, 5.74) is 1.98. The van der Waals surface area contributed by atoms with Gasteiger partial charge in [-0.25, -0.2) is 9.97 Å². The van der Waals surface area contributed by atoms with Gasteiger partial charge in [0.2, 0.25) is 0 Å². The van der Waals surface area contributed by atoms with Crippen LogP contribution in [0.5, 0.6) is 5.75 Å². The third-order valence-electron chi connectivity index (χ3n) is 2.95. The molecule has 2 aromatic heterocycles. The van der Waals surface area contributed by atoms with E-state index in [4.69, 9.17) is 4.74 Å². The van der Waals surface area contributed by atoms with E-state index in [2.05, 4.69) is 27.3 Å². The number of hydrogen-bond donors (Lipinski definition) is 1. The van der Waals surface area contributed by atoms with Crippen LogP contribution in [-0.4, -0.2) is 33.4 Å². The van der Waals surface area contributed by atoms with Gasteiger partial charge in [-0.1, -0.05) is 6.92 Å². The molecule has 102 valence electrons. The van der Waals surface area contributed by atoms with Gasteiger partial charge in [0.25, 0.3) is 0 Å². The number of aromatic nitrogens is 4. The van der Waals surface area contributed by atoms with Crippen molar-refractivity contribution in [3.8, 4) is 5.75 Å². The van der Waals surface area contributed by atoms with Gasteiger partial charge >= 0.3 is 0 Å². The second kappa shape index (κ2) is 6.29. The molecule has 0 spiro atoms. The van der Waals surface area contributed by atoms with Gasteiger partial charge in [0, 0.05) is 25.0 Å². The average Bonchev–Trinajstić information content (AvgIpc) is 2.82. The van der Waals surface area contributed by atoms with E-state index in [0.29, 0.717) is 0 Å². The smallest absolute Gasteiger partial charge is 0.161 e. The Morgan fingerprint density at radius 3 is 2.68 bits per heavy atom. The van der Waals surface area contributed by atoms with Crippen molar-refractivity contribution in [2.75, 3.05) is 13.7 Å². The fourth-order valence-electron chi connectivity index (χ4n) is 2.03. The summed E-state index contributed by atoms with van der Waals surface area (Å²) < 4.78 is 7.20.